The molecule has 8 atom stereocenters. The number of nitrogens with one attached hydrogen (secondary N) is 7. The third kappa shape index (κ3) is 52.5. The summed E-state index contributed by atoms with van der Waals surface area (Å²) < 4.78 is 0. The standard InChI is InChI=1S/C16H26N2O5S2.C14H24N2O4S2.C12H22OS2.C11H19NO3S.C9H17NO2S.C9H15NO2/c1-9(19)17-12(14(22)16(4,5)6)7-25-15(23)13(18-10(2)20)8-24-11(3)21;1-8(17)15-10(6-21)13(20)22-7-11(16-9(2)18)12(19)14(3,4)5;1-12(2,3)11(13)7-5-4-6-10-8-9-14-15-10;1-7(13)12-9(6-16-8(2)14)10(15)11(3,4)5;1-6(11)10-7(5-13)8(12)9(2,3)4;1-9(2,3)8(12)6-4-5-7(11)10-6/h12-13H,7-8H2,1-6H3,(H,17,19)(H,18,20);10-11,21H,6-7H2,1-5H3,(H,15,17)(H,16,18);10H,4-9H2,1-3H3;9H,6H2,1-5H3,(H,12,13);7,13H,5H2,1-4H3,(H,10,11);6H,4-5H2,1-3H3,(H,10,11). The first-order valence-corrected chi connectivity index (χ1v) is 41.5. The van der Waals surface area contributed by atoms with E-state index in [0.29, 0.717) is 30.1 Å². The highest BCUT2D eigenvalue weighted by atomic mass is 33.1. The molecule has 0 aromatic carbocycles. The molecule has 2 fully saturated rings. The molecule has 7 amide bonds. The first kappa shape index (κ1) is 105. The summed E-state index contributed by atoms with van der Waals surface area (Å²) in [6, 6.07) is -4.40. The molecule has 7 N–H and O–H groups in total. The van der Waals surface area contributed by atoms with E-state index in [-0.39, 0.29) is 131 Å². The predicted octanol–water partition coefficient (Wildman–Crippen LogP) is 9.57. The van der Waals surface area contributed by atoms with E-state index < -0.39 is 57.9 Å². The number of hydrogen-bond acceptors (Lipinski definition) is 25. The molecule has 2 heterocycles. The molecule has 32 heteroatoms. The molecule has 2 saturated heterocycles. The lowest BCUT2D eigenvalue weighted by Crippen LogP contribution is -2.47. The highest BCUT2D eigenvalue weighted by Crippen LogP contribution is 2.40. The fraction of sp³-hybridized carbons (Fsp3) is 0.761. The highest BCUT2D eigenvalue weighted by molar-refractivity contribution is 8.77. The number of amides is 7. The molecule has 103 heavy (non-hydrogen) atoms. The van der Waals surface area contributed by atoms with E-state index in [9.17, 15) is 81.5 Å². The molecule has 0 spiro atoms. The molecule has 0 bridgehead atoms. The molecule has 2 rings (SSSR count). The molecular weight excluding hydrogens is 1480 g/mol. The van der Waals surface area contributed by atoms with E-state index in [1.54, 1.807) is 62.3 Å². The van der Waals surface area contributed by atoms with Gasteiger partial charge in [0, 0.05) is 146 Å². The quantitative estimate of drug-likeness (QED) is 0.0200. The van der Waals surface area contributed by atoms with Crippen molar-refractivity contribution in [2.75, 3.05) is 40.3 Å². The lowest BCUT2D eigenvalue weighted by Gasteiger charge is -2.25. The Balaban J connectivity index is -0.000000582. The minimum absolute atomic E-state index is 0.00222. The van der Waals surface area contributed by atoms with Crippen molar-refractivity contribution in [1.29, 1.82) is 0 Å². The number of rotatable bonds is 28. The van der Waals surface area contributed by atoms with Crippen LogP contribution in [0.25, 0.3) is 0 Å². The third-order valence-electron chi connectivity index (χ3n) is 13.9. The molecule has 2 aliphatic rings. The zero-order valence-electron chi connectivity index (χ0n) is 65.8. The summed E-state index contributed by atoms with van der Waals surface area (Å²) >= 11 is 11.8. The van der Waals surface area contributed by atoms with E-state index in [4.69, 9.17) is 0 Å². The van der Waals surface area contributed by atoms with Gasteiger partial charge in [-0.15, -0.1) is 0 Å². The van der Waals surface area contributed by atoms with E-state index in [1.807, 2.05) is 83.9 Å². The Bertz CT molecular complexity index is 2870. The van der Waals surface area contributed by atoms with E-state index >= 15 is 0 Å². The van der Waals surface area contributed by atoms with E-state index in [1.165, 1.54) is 80.4 Å². The normalized spacial score (nSPS) is 16.0. The van der Waals surface area contributed by atoms with Gasteiger partial charge in [0.05, 0.1) is 30.2 Å². The third-order valence-corrected chi connectivity index (χ3v) is 21.6. The fourth-order valence-electron chi connectivity index (χ4n) is 8.52. The average Bonchev–Trinajstić information content (AvgIpc) is 1.84. The summed E-state index contributed by atoms with van der Waals surface area (Å²) in [5.74, 6) is 0.753. The van der Waals surface area contributed by atoms with Crippen LogP contribution in [0.2, 0.25) is 0 Å². The van der Waals surface area contributed by atoms with Crippen molar-refractivity contribution in [2.24, 2.45) is 32.5 Å². The maximum absolute atomic E-state index is 12.4. The van der Waals surface area contributed by atoms with Gasteiger partial charge in [-0.3, -0.25) is 81.5 Å². The zero-order chi connectivity index (χ0) is 81.5. The van der Waals surface area contributed by atoms with Crippen LogP contribution >= 0.6 is 93.9 Å². The number of carbonyl (C=O) groups is 17. The van der Waals surface area contributed by atoms with Crippen molar-refractivity contribution in [3.05, 3.63) is 0 Å². The number of carbonyl (C=O) groups excluding carboxylic acids is 17. The van der Waals surface area contributed by atoms with Crippen LogP contribution in [0, 0.1) is 32.5 Å². The number of unbranched alkanes of at least 4 members (excludes halogenated alkanes) is 1. The molecule has 2 aliphatic heterocycles. The zero-order valence-corrected chi connectivity index (χ0v) is 72.5. The van der Waals surface area contributed by atoms with Crippen LogP contribution < -0.4 is 37.2 Å². The van der Waals surface area contributed by atoms with E-state index in [0.717, 1.165) is 65.1 Å². The Morgan fingerprint density at radius 2 is 0.728 bits per heavy atom. The van der Waals surface area contributed by atoms with Crippen LogP contribution in [-0.2, 0) is 81.5 Å². The summed E-state index contributed by atoms with van der Waals surface area (Å²) in [7, 11) is 4.04. The lowest BCUT2D eigenvalue weighted by atomic mass is 9.86. The molecule has 0 radical (unpaired) electrons. The maximum atomic E-state index is 12.4. The first-order chi connectivity index (χ1) is 46.7. The molecule has 0 aromatic rings. The lowest BCUT2D eigenvalue weighted by molar-refractivity contribution is -0.131. The topological polar surface area (TPSA) is 374 Å². The van der Waals surface area contributed by atoms with Gasteiger partial charge in [0.15, 0.2) is 39.1 Å². The Kier molecular flexibility index (Phi) is 52.2. The number of Topliss-reactive ketones (excluding diaryl/α,β-unsaturated/α-hetero) is 6. The van der Waals surface area contributed by atoms with E-state index in [2.05, 4.69) is 62.5 Å². The average molecular weight is 1600 g/mol. The van der Waals surface area contributed by atoms with Crippen LogP contribution in [0.4, 0.5) is 0 Å². The van der Waals surface area contributed by atoms with Gasteiger partial charge in [0.1, 0.15) is 17.9 Å². The van der Waals surface area contributed by atoms with Gasteiger partial charge < -0.3 is 37.2 Å². The minimum atomic E-state index is -0.834. The second kappa shape index (κ2) is 51.2. The summed E-state index contributed by atoms with van der Waals surface area (Å²) in [6.45, 7) is 43.8. The van der Waals surface area contributed by atoms with Crippen LogP contribution in [0.15, 0.2) is 0 Å². The molecule has 0 aromatic heterocycles. The number of thioether (sulfide) groups is 4. The van der Waals surface area contributed by atoms with Gasteiger partial charge in [-0.1, -0.05) is 200 Å². The molecule has 24 nitrogen and oxygen atoms in total. The predicted molar refractivity (Wildman–Crippen MR) is 429 cm³/mol. The van der Waals surface area contributed by atoms with Gasteiger partial charge in [0.25, 0.3) is 0 Å². The van der Waals surface area contributed by atoms with Crippen molar-refractivity contribution >= 4 is 190 Å². The SMILES string of the molecule is CC(=O)NC(CS)C(=O)C(C)(C)C.CC(=O)NC(CS)C(=O)SCC(NC(C)=O)C(=O)C(C)(C)C.CC(=O)NC(CSC(C)=O)C(=O)C(C)(C)C.CC(=O)NC(CSC(C)=O)C(=O)SCC(NC(C)=O)C(=O)C(C)(C)C.CC(C)(C)C(=O)C1CCC(=O)N1.CC(C)(C)C(=O)CCCCC1CCSS1. The van der Waals surface area contributed by atoms with Crippen molar-refractivity contribution in [3.63, 3.8) is 0 Å². The van der Waals surface area contributed by atoms with Crippen molar-refractivity contribution in [1.82, 2.24) is 37.2 Å². The first-order valence-electron chi connectivity index (χ1n) is 33.9. The summed E-state index contributed by atoms with van der Waals surface area (Å²) in [5, 5.41) is 17.9. The summed E-state index contributed by atoms with van der Waals surface area (Å²) in [6.07, 6.45) is 6.89. The van der Waals surface area contributed by atoms with Crippen LogP contribution in [0.3, 0.4) is 0 Å². The van der Waals surface area contributed by atoms with Crippen LogP contribution in [-0.4, -0.2) is 184 Å². The molecule has 0 saturated carbocycles. The molecule has 8 unspecified atom stereocenters. The van der Waals surface area contributed by atoms with Crippen LogP contribution in [0.1, 0.15) is 225 Å². The number of ketones is 6. The highest BCUT2D eigenvalue weighted by Gasteiger charge is 2.37. The number of thiol groups is 2. The maximum Gasteiger partial charge on any atom is 0.220 e. The number of hydrogen-bond donors (Lipinski definition) is 9. The monoisotopic (exact) mass is 1600 g/mol. The minimum Gasteiger partial charge on any atom is -0.346 e. The molecule has 0 aliphatic carbocycles. The smallest absolute Gasteiger partial charge is 0.220 e. The van der Waals surface area contributed by atoms with Crippen molar-refractivity contribution < 1.29 is 81.5 Å². The summed E-state index contributed by atoms with van der Waals surface area (Å²) in [5.41, 5.74) is -2.74. The van der Waals surface area contributed by atoms with Gasteiger partial charge in [-0.05, 0) is 25.7 Å². The Morgan fingerprint density at radius 1 is 0.417 bits per heavy atom. The Hall–Kier alpha value is -4.21. The van der Waals surface area contributed by atoms with Gasteiger partial charge in [-0.2, -0.15) is 25.3 Å². The van der Waals surface area contributed by atoms with Crippen LogP contribution in [0.5, 0.6) is 0 Å². The Labute approximate surface area is 649 Å². The van der Waals surface area contributed by atoms with Gasteiger partial charge in [0.2, 0.25) is 51.6 Å². The summed E-state index contributed by atoms with van der Waals surface area (Å²) in [4.78, 5) is 195. The largest absolute Gasteiger partial charge is 0.346 e. The second-order valence-electron chi connectivity index (χ2n) is 30.7. The van der Waals surface area contributed by atoms with Crippen molar-refractivity contribution in [3.8, 4) is 0 Å². The van der Waals surface area contributed by atoms with Gasteiger partial charge >= 0.3 is 0 Å². The fourth-order valence-corrected chi connectivity index (χ4v) is 15.4. The molecule has 592 valence electrons. The van der Waals surface area contributed by atoms with Gasteiger partial charge in [-0.25, -0.2) is 0 Å². The van der Waals surface area contributed by atoms with Crippen molar-refractivity contribution in [2.45, 2.75) is 273 Å². The molecular formula is C71H123N7O17S8. The Morgan fingerprint density at radius 3 is 1.01 bits per heavy atom. The second-order valence-corrected chi connectivity index (χ2v) is 38.7.